The van der Waals surface area contributed by atoms with E-state index in [1.54, 1.807) is 0 Å². The van der Waals surface area contributed by atoms with E-state index in [0.717, 1.165) is 16.8 Å². The van der Waals surface area contributed by atoms with Gasteiger partial charge in [0.05, 0.1) is 0 Å². The second-order valence-corrected chi connectivity index (χ2v) is 8.63. The highest BCUT2D eigenvalue weighted by atomic mass is 35.6. The van der Waals surface area contributed by atoms with Crippen LogP contribution in [0, 0.1) is 19.7 Å². The number of aryl methyl sites for hydroxylation is 2. The van der Waals surface area contributed by atoms with Gasteiger partial charge in [0.25, 0.3) is 5.91 Å². The van der Waals surface area contributed by atoms with Crippen LogP contribution < -0.4 is 16.0 Å². The van der Waals surface area contributed by atoms with E-state index in [-0.39, 0.29) is 10.7 Å². The summed E-state index contributed by atoms with van der Waals surface area (Å²) in [5, 5.41) is 8.44. The van der Waals surface area contributed by atoms with Crippen molar-refractivity contribution in [3.8, 4) is 0 Å². The van der Waals surface area contributed by atoms with E-state index in [2.05, 4.69) is 16.0 Å². The number of halogens is 4. The van der Waals surface area contributed by atoms with Gasteiger partial charge in [-0.3, -0.25) is 4.79 Å². The van der Waals surface area contributed by atoms with E-state index in [1.165, 1.54) is 24.3 Å². The van der Waals surface area contributed by atoms with Gasteiger partial charge in [0, 0.05) is 11.3 Å². The highest BCUT2D eigenvalue weighted by Gasteiger charge is 2.34. The van der Waals surface area contributed by atoms with E-state index < -0.39 is 21.7 Å². The second kappa shape index (κ2) is 9.06. The van der Waals surface area contributed by atoms with Gasteiger partial charge in [-0.05, 0) is 73.6 Å². The topological polar surface area (TPSA) is 53.2 Å². The molecule has 3 N–H and O–H groups in total. The lowest BCUT2D eigenvalue weighted by Crippen LogP contribution is -2.56. The van der Waals surface area contributed by atoms with Crippen molar-refractivity contribution in [1.29, 1.82) is 0 Å². The zero-order valence-corrected chi connectivity index (χ0v) is 17.5. The normalized spacial score (nSPS) is 12.2. The van der Waals surface area contributed by atoms with Gasteiger partial charge < -0.3 is 16.0 Å². The van der Waals surface area contributed by atoms with Crippen molar-refractivity contribution in [1.82, 2.24) is 10.6 Å². The van der Waals surface area contributed by atoms with Gasteiger partial charge in [-0.15, -0.1) is 0 Å². The average molecular weight is 449 g/mol. The lowest BCUT2D eigenvalue weighted by Gasteiger charge is -2.28. The van der Waals surface area contributed by atoms with E-state index in [9.17, 15) is 9.18 Å². The lowest BCUT2D eigenvalue weighted by molar-refractivity contribution is 0.0934. The summed E-state index contributed by atoms with van der Waals surface area (Å²) in [7, 11) is 0. The SMILES string of the molecule is Cc1ccc(NC(=S)NC(NC(=O)c2ccc(F)cc2)C(Cl)(Cl)Cl)cc1C. The molecule has 0 radical (unpaired) electrons. The number of hydrogen-bond acceptors (Lipinski definition) is 2. The van der Waals surface area contributed by atoms with Crippen LogP contribution in [0.5, 0.6) is 0 Å². The molecule has 0 aliphatic rings. The Hall–Kier alpha value is -1.60. The predicted octanol–water partition coefficient (Wildman–Crippen LogP) is 4.86. The zero-order valence-electron chi connectivity index (χ0n) is 14.4. The van der Waals surface area contributed by atoms with Crippen LogP contribution in [-0.2, 0) is 0 Å². The van der Waals surface area contributed by atoms with Gasteiger partial charge in [-0.25, -0.2) is 4.39 Å². The molecule has 0 aliphatic carbocycles. The third kappa shape index (κ3) is 6.50. The Labute approximate surface area is 177 Å². The summed E-state index contributed by atoms with van der Waals surface area (Å²) in [5.41, 5.74) is 3.20. The molecule has 0 spiro atoms. The molecule has 0 saturated heterocycles. The molecule has 0 saturated carbocycles. The number of benzene rings is 2. The maximum Gasteiger partial charge on any atom is 0.252 e. The van der Waals surface area contributed by atoms with Gasteiger partial charge in [0.1, 0.15) is 12.0 Å². The Morgan fingerprint density at radius 2 is 1.67 bits per heavy atom. The molecule has 0 fully saturated rings. The number of anilines is 1. The minimum atomic E-state index is -1.88. The molecule has 0 heterocycles. The fourth-order valence-corrected chi connectivity index (χ4v) is 2.70. The Kier molecular flexibility index (Phi) is 7.28. The van der Waals surface area contributed by atoms with Crippen molar-refractivity contribution in [3.05, 3.63) is 65.0 Å². The van der Waals surface area contributed by atoms with Gasteiger partial charge in [0.15, 0.2) is 5.11 Å². The van der Waals surface area contributed by atoms with Crippen molar-refractivity contribution in [2.45, 2.75) is 23.8 Å². The molecule has 0 aromatic heterocycles. The highest BCUT2D eigenvalue weighted by molar-refractivity contribution is 7.80. The van der Waals surface area contributed by atoms with Crippen molar-refractivity contribution >= 4 is 63.7 Å². The van der Waals surface area contributed by atoms with Crippen LogP contribution in [-0.4, -0.2) is 21.0 Å². The number of thiocarbonyl (C=S) groups is 1. The second-order valence-electron chi connectivity index (χ2n) is 5.85. The van der Waals surface area contributed by atoms with Crippen molar-refractivity contribution in [3.63, 3.8) is 0 Å². The van der Waals surface area contributed by atoms with Gasteiger partial charge in [0.2, 0.25) is 3.79 Å². The number of carbonyl (C=O) groups is 1. The first-order chi connectivity index (χ1) is 12.6. The third-order valence-electron chi connectivity index (χ3n) is 3.75. The van der Waals surface area contributed by atoms with E-state index in [1.807, 2.05) is 32.0 Å². The molecule has 1 atom stereocenters. The maximum atomic E-state index is 13.0. The summed E-state index contributed by atoms with van der Waals surface area (Å²) in [6.07, 6.45) is -1.12. The molecule has 0 bridgehead atoms. The first-order valence-corrected chi connectivity index (χ1v) is 9.38. The largest absolute Gasteiger partial charge is 0.339 e. The number of carbonyl (C=O) groups excluding carboxylic acids is 1. The van der Waals surface area contributed by atoms with Gasteiger partial charge in [-0.2, -0.15) is 0 Å². The molecule has 4 nitrogen and oxygen atoms in total. The van der Waals surface area contributed by atoms with Gasteiger partial charge in [-0.1, -0.05) is 40.9 Å². The number of amides is 1. The van der Waals surface area contributed by atoms with Crippen LogP contribution in [0.25, 0.3) is 0 Å². The van der Waals surface area contributed by atoms with Crippen LogP contribution in [0.2, 0.25) is 0 Å². The molecule has 2 aromatic carbocycles. The fourth-order valence-electron chi connectivity index (χ4n) is 2.13. The number of nitrogens with one attached hydrogen (secondary N) is 3. The Morgan fingerprint density at radius 3 is 2.22 bits per heavy atom. The Balaban J connectivity index is 2.07. The molecule has 2 aromatic rings. The minimum Gasteiger partial charge on any atom is -0.339 e. The summed E-state index contributed by atoms with van der Waals surface area (Å²) >= 11 is 23.1. The zero-order chi connectivity index (χ0) is 20.2. The van der Waals surface area contributed by atoms with Crippen LogP contribution in [0.4, 0.5) is 10.1 Å². The first kappa shape index (κ1) is 21.7. The summed E-state index contributed by atoms with van der Waals surface area (Å²) < 4.78 is 11.1. The van der Waals surface area contributed by atoms with E-state index >= 15 is 0 Å². The molecule has 144 valence electrons. The number of rotatable bonds is 4. The van der Waals surface area contributed by atoms with Crippen molar-refractivity contribution < 1.29 is 9.18 Å². The molecular weight excluding hydrogens is 432 g/mol. The van der Waals surface area contributed by atoms with Crippen LogP contribution in [0.1, 0.15) is 21.5 Å². The summed E-state index contributed by atoms with van der Waals surface area (Å²) in [5.74, 6) is -1.01. The smallest absolute Gasteiger partial charge is 0.252 e. The van der Waals surface area contributed by atoms with E-state index in [4.69, 9.17) is 47.0 Å². The molecule has 0 aliphatic heterocycles. The van der Waals surface area contributed by atoms with E-state index in [0.29, 0.717) is 0 Å². The molecular formula is C18H17Cl3FN3OS. The predicted molar refractivity (Wildman–Crippen MR) is 113 cm³/mol. The number of alkyl halides is 3. The quantitative estimate of drug-likeness (QED) is 0.355. The lowest BCUT2D eigenvalue weighted by atomic mass is 10.1. The average Bonchev–Trinajstić information content (AvgIpc) is 2.57. The summed E-state index contributed by atoms with van der Waals surface area (Å²) in [4.78, 5) is 12.3. The Bertz CT molecular complexity index is 841. The standard InChI is InChI=1S/C18H17Cl3FN3OS/c1-10-3-8-14(9-11(10)2)23-17(27)25-16(18(19,20)21)24-15(26)12-4-6-13(22)7-5-12/h3-9,16H,1-2H3,(H,24,26)(H2,23,25,27). The first-order valence-electron chi connectivity index (χ1n) is 7.84. The summed E-state index contributed by atoms with van der Waals surface area (Å²) in [6, 6.07) is 10.7. The summed E-state index contributed by atoms with van der Waals surface area (Å²) in [6.45, 7) is 3.98. The molecule has 1 amide bonds. The highest BCUT2D eigenvalue weighted by Crippen LogP contribution is 2.29. The third-order valence-corrected chi connectivity index (χ3v) is 4.62. The molecule has 9 heteroatoms. The number of hydrogen-bond donors (Lipinski definition) is 3. The van der Waals surface area contributed by atoms with Crippen molar-refractivity contribution in [2.24, 2.45) is 0 Å². The monoisotopic (exact) mass is 447 g/mol. The van der Waals surface area contributed by atoms with Gasteiger partial charge >= 0.3 is 0 Å². The van der Waals surface area contributed by atoms with Crippen LogP contribution in [0.15, 0.2) is 42.5 Å². The minimum absolute atomic E-state index is 0.161. The van der Waals surface area contributed by atoms with Crippen LogP contribution in [0.3, 0.4) is 0 Å². The van der Waals surface area contributed by atoms with Crippen LogP contribution >= 0.6 is 47.0 Å². The molecule has 27 heavy (non-hydrogen) atoms. The Morgan fingerprint density at radius 1 is 1.04 bits per heavy atom. The molecule has 1 unspecified atom stereocenters. The maximum absolute atomic E-state index is 13.0. The van der Waals surface area contributed by atoms with Crippen molar-refractivity contribution in [2.75, 3.05) is 5.32 Å². The fraction of sp³-hybridized carbons (Fsp3) is 0.222. The molecule has 2 rings (SSSR count).